The first-order valence-corrected chi connectivity index (χ1v) is 8.92. The summed E-state index contributed by atoms with van der Waals surface area (Å²) >= 11 is 0. The van der Waals surface area contributed by atoms with Crippen LogP contribution in [0.4, 0.5) is 5.69 Å². The van der Waals surface area contributed by atoms with E-state index in [-0.39, 0.29) is 23.6 Å². The quantitative estimate of drug-likeness (QED) is 0.500. The largest absolute Gasteiger partial charge is 0.273 e. The summed E-state index contributed by atoms with van der Waals surface area (Å²) in [4.78, 5) is 38.8. The fourth-order valence-corrected chi connectivity index (χ4v) is 3.04. The summed E-state index contributed by atoms with van der Waals surface area (Å²) in [7, 11) is 0. The lowest BCUT2D eigenvalue weighted by atomic mass is 10.1. The molecule has 10 nitrogen and oxygen atoms in total. The van der Waals surface area contributed by atoms with E-state index in [1.165, 1.54) is 24.3 Å². The maximum atomic E-state index is 12.1. The molecule has 0 aliphatic heterocycles. The molecule has 0 aliphatic carbocycles. The van der Waals surface area contributed by atoms with Gasteiger partial charge < -0.3 is 0 Å². The van der Waals surface area contributed by atoms with Crippen molar-refractivity contribution in [3.05, 3.63) is 68.7 Å². The van der Waals surface area contributed by atoms with Crippen molar-refractivity contribution in [1.82, 2.24) is 25.4 Å². The number of hydrazine groups is 1. The Labute approximate surface area is 166 Å². The van der Waals surface area contributed by atoms with Gasteiger partial charge in [0.15, 0.2) is 5.65 Å². The number of benzene rings is 1. The summed E-state index contributed by atoms with van der Waals surface area (Å²) in [5.41, 5.74) is 9.05. The Morgan fingerprint density at radius 2 is 1.83 bits per heavy atom. The molecule has 0 bridgehead atoms. The molecule has 0 unspecified atom stereocenters. The normalized spacial score (nSPS) is 10.7. The molecule has 0 spiro atoms. The molecule has 0 radical (unpaired) electrons. The minimum atomic E-state index is -0.560. The topological polar surface area (TPSA) is 132 Å². The Balaban J connectivity index is 1.58. The van der Waals surface area contributed by atoms with Gasteiger partial charge in [-0.15, -0.1) is 0 Å². The van der Waals surface area contributed by atoms with Crippen LogP contribution < -0.4 is 10.9 Å². The molecule has 0 fully saturated rings. The molecule has 0 saturated heterocycles. The number of nitro benzene ring substituents is 1. The molecule has 2 N–H and O–H groups in total. The first kappa shape index (κ1) is 19.9. The highest BCUT2D eigenvalue weighted by Crippen LogP contribution is 2.17. The number of fused-ring (bicyclic) bond motifs is 1. The van der Waals surface area contributed by atoms with Gasteiger partial charge in [-0.2, -0.15) is 5.10 Å². The number of hydrogen-bond donors (Lipinski definition) is 2. The minimum Gasteiger partial charge on any atom is -0.273 e. The molecule has 0 aliphatic rings. The zero-order valence-electron chi connectivity index (χ0n) is 16.2. The van der Waals surface area contributed by atoms with Crippen molar-refractivity contribution in [2.75, 3.05) is 0 Å². The summed E-state index contributed by atoms with van der Waals surface area (Å²) in [6.45, 7) is 5.71. The highest BCUT2D eigenvalue weighted by molar-refractivity contribution is 5.95. The summed E-state index contributed by atoms with van der Waals surface area (Å²) in [6, 6.07) is 6.98. The van der Waals surface area contributed by atoms with Crippen LogP contribution in [-0.4, -0.2) is 31.3 Å². The van der Waals surface area contributed by atoms with Crippen molar-refractivity contribution in [1.29, 1.82) is 0 Å². The Bertz CT molecular complexity index is 1100. The van der Waals surface area contributed by atoms with Crippen LogP contribution in [0.2, 0.25) is 0 Å². The van der Waals surface area contributed by atoms with E-state index in [4.69, 9.17) is 0 Å². The number of nitrogens with one attached hydrogen (secondary N) is 2. The monoisotopic (exact) mass is 396 g/mol. The van der Waals surface area contributed by atoms with Crippen molar-refractivity contribution in [2.24, 2.45) is 0 Å². The average molecular weight is 396 g/mol. The van der Waals surface area contributed by atoms with Gasteiger partial charge in [-0.25, -0.2) is 9.50 Å². The second-order valence-electron chi connectivity index (χ2n) is 6.62. The SMILES string of the molecule is Cc1cc2nc(C)c(CCC(=O)NNC(=O)c3ccc([N+](=O)[O-])cc3)c(C)n2n1. The van der Waals surface area contributed by atoms with E-state index in [9.17, 15) is 19.7 Å². The summed E-state index contributed by atoms with van der Waals surface area (Å²) < 4.78 is 1.76. The Morgan fingerprint density at radius 1 is 1.14 bits per heavy atom. The molecular formula is C19H20N6O4. The molecule has 2 amide bonds. The smallest absolute Gasteiger partial charge is 0.269 e. The lowest BCUT2D eigenvalue weighted by Gasteiger charge is -2.11. The van der Waals surface area contributed by atoms with Crippen LogP contribution in [0.1, 0.15) is 39.4 Å². The molecular weight excluding hydrogens is 376 g/mol. The third-order valence-corrected chi connectivity index (χ3v) is 4.54. The van der Waals surface area contributed by atoms with E-state index in [0.717, 1.165) is 28.3 Å². The number of aromatic nitrogens is 3. The molecule has 150 valence electrons. The predicted octanol–water partition coefficient (Wildman–Crippen LogP) is 1.96. The predicted molar refractivity (Wildman–Crippen MR) is 104 cm³/mol. The lowest BCUT2D eigenvalue weighted by Crippen LogP contribution is -2.41. The molecule has 10 heteroatoms. The van der Waals surface area contributed by atoms with Crippen LogP contribution in [-0.2, 0) is 11.2 Å². The first-order valence-electron chi connectivity index (χ1n) is 8.92. The van der Waals surface area contributed by atoms with Crippen molar-refractivity contribution in [2.45, 2.75) is 33.6 Å². The maximum absolute atomic E-state index is 12.1. The fourth-order valence-electron chi connectivity index (χ4n) is 3.04. The van der Waals surface area contributed by atoms with Crippen LogP contribution in [0, 0.1) is 30.9 Å². The zero-order valence-corrected chi connectivity index (χ0v) is 16.2. The Kier molecular flexibility index (Phi) is 5.53. The summed E-state index contributed by atoms with van der Waals surface area (Å²) in [6.07, 6.45) is 0.592. The van der Waals surface area contributed by atoms with Gasteiger partial charge >= 0.3 is 0 Å². The fraction of sp³-hybridized carbons (Fsp3) is 0.263. The second-order valence-corrected chi connectivity index (χ2v) is 6.62. The van der Waals surface area contributed by atoms with Gasteiger partial charge in [0.25, 0.3) is 11.6 Å². The minimum absolute atomic E-state index is 0.116. The van der Waals surface area contributed by atoms with Crippen molar-refractivity contribution in [3.63, 3.8) is 0 Å². The van der Waals surface area contributed by atoms with Crippen molar-refractivity contribution in [3.8, 4) is 0 Å². The Morgan fingerprint density at radius 3 is 2.48 bits per heavy atom. The number of amides is 2. The zero-order chi connectivity index (χ0) is 21.1. The van der Waals surface area contributed by atoms with Gasteiger partial charge in [0, 0.05) is 41.6 Å². The van der Waals surface area contributed by atoms with Crippen LogP contribution >= 0.6 is 0 Å². The molecule has 29 heavy (non-hydrogen) atoms. The standard InChI is InChI=1S/C19H20N6O4/c1-11-10-17-20-12(2)16(13(3)24(17)23-11)8-9-18(26)21-22-19(27)14-4-6-15(7-5-14)25(28)29/h4-7,10H,8-9H2,1-3H3,(H,21,26)(H,22,27). The molecule has 2 aromatic heterocycles. The molecule has 0 saturated carbocycles. The van der Waals surface area contributed by atoms with E-state index in [1.807, 2.05) is 26.8 Å². The van der Waals surface area contributed by atoms with E-state index >= 15 is 0 Å². The number of hydrogen-bond acceptors (Lipinski definition) is 6. The third kappa shape index (κ3) is 4.37. The molecule has 1 aromatic carbocycles. The van der Waals surface area contributed by atoms with E-state index < -0.39 is 10.8 Å². The highest BCUT2D eigenvalue weighted by Gasteiger charge is 2.14. The Hall–Kier alpha value is -3.82. The summed E-state index contributed by atoms with van der Waals surface area (Å²) in [5, 5.41) is 15.1. The third-order valence-electron chi connectivity index (χ3n) is 4.54. The van der Waals surface area contributed by atoms with E-state index in [1.54, 1.807) is 4.52 Å². The average Bonchev–Trinajstić information content (AvgIpc) is 3.06. The summed E-state index contributed by atoms with van der Waals surface area (Å²) in [5.74, 6) is -0.925. The van der Waals surface area contributed by atoms with Crippen LogP contribution in [0.3, 0.4) is 0 Å². The van der Waals surface area contributed by atoms with E-state index in [0.29, 0.717) is 6.42 Å². The van der Waals surface area contributed by atoms with Crippen molar-refractivity contribution < 1.29 is 14.5 Å². The maximum Gasteiger partial charge on any atom is 0.269 e. The van der Waals surface area contributed by atoms with Gasteiger partial charge in [-0.05, 0) is 44.9 Å². The van der Waals surface area contributed by atoms with Gasteiger partial charge in [0.05, 0.1) is 10.6 Å². The molecule has 2 heterocycles. The molecule has 0 atom stereocenters. The molecule has 3 rings (SSSR count). The lowest BCUT2D eigenvalue weighted by molar-refractivity contribution is -0.384. The number of carbonyl (C=O) groups excluding carboxylic acids is 2. The van der Waals surface area contributed by atoms with Crippen LogP contribution in [0.5, 0.6) is 0 Å². The molecule has 3 aromatic rings. The van der Waals surface area contributed by atoms with Crippen LogP contribution in [0.25, 0.3) is 5.65 Å². The highest BCUT2D eigenvalue weighted by atomic mass is 16.6. The number of non-ortho nitro benzene ring substituents is 1. The van der Waals surface area contributed by atoms with Gasteiger partial charge in [-0.1, -0.05) is 0 Å². The van der Waals surface area contributed by atoms with E-state index in [2.05, 4.69) is 20.9 Å². The van der Waals surface area contributed by atoms with Crippen molar-refractivity contribution >= 4 is 23.1 Å². The number of nitrogens with zero attached hydrogens (tertiary/aromatic N) is 4. The van der Waals surface area contributed by atoms with Gasteiger partial charge in [-0.3, -0.25) is 30.6 Å². The van der Waals surface area contributed by atoms with Gasteiger partial charge in [0.2, 0.25) is 5.91 Å². The second kappa shape index (κ2) is 8.05. The van der Waals surface area contributed by atoms with Crippen LogP contribution in [0.15, 0.2) is 30.3 Å². The number of rotatable bonds is 5. The number of nitro groups is 1. The number of carbonyl (C=O) groups is 2. The van der Waals surface area contributed by atoms with Gasteiger partial charge in [0.1, 0.15) is 0 Å². The first-order chi connectivity index (χ1) is 13.8. The number of aryl methyl sites for hydroxylation is 3.